The summed E-state index contributed by atoms with van der Waals surface area (Å²) in [5.74, 6) is -1.16. The summed E-state index contributed by atoms with van der Waals surface area (Å²) >= 11 is 3.21. The number of carboxylic acid groups (broad SMARTS) is 1. The van der Waals surface area contributed by atoms with E-state index in [1.807, 2.05) is 6.92 Å². The normalized spacial score (nSPS) is 13.5. The highest BCUT2D eigenvalue weighted by Crippen LogP contribution is 2.26. The molecule has 0 aliphatic rings. The van der Waals surface area contributed by atoms with Gasteiger partial charge in [0.15, 0.2) is 0 Å². The number of rotatable bonds is 5. The molecule has 1 unspecified atom stereocenters. The van der Waals surface area contributed by atoms with Crippen LogP contribution in [-0.4, -0.2) is 36.9 Å². The molecular formula is C12H16BrNO4S. The fraction of sp³-hybridized carbons (Fsp3) is 0.417. The molecule has 5 nitrogen and oxygen atoms in total. The Morgan fingerprint density at radius 3 is 2.47 bits per heavy atom. The standard InChI is InChI=1S/C12H16BrNO4S/c1-4-10(12(15)16)14(3)19(17,18)11-6-5-8(2)7-9(11)13/h5-7,10H,4H2,1-3H3,(H,15,16). The number of hydrogen-bond donors (Lipinski definition) is 1. The molecule has 0 radical (unpaired) electrons. The largest absolute Gasteiger partial charge is 0.480 e. The molecular weight excluding hydrogens is 334 g/mol. The van der Waals surface area contributed by atoms with Crippen LogP contribution in [0.25, 0.3) is 0 Å². The van der Waals surface area contributed by atoms with Crippen LogP contribution in [0.1, 0.15) is 18.9 Å². The highest BCUT2D eigenvalue weighted by molar-refractivity contribution is 9.10. The van der Waals surface area contributed by atoms with E-state index in [2.05, 4.69) is 15.9 Å². The van der Waals surface area contributed by atoms with Gasteiger partial charge in [0, 0.05) is 11.5 Å². The Morgan fingerprint density at radius 1 is 1.47 bits per heavy atom. The second-order valence-corrected chi connectivity index (χ2v) is 7.04. The van der Waals surface area contributed by atoms with Gasteiger partial charge in [-0.05, 0) is 47.0 Å². The van der Waals surface area contributed by atoms with E-state index in [9.17, 15) is 13.2 Å². The maximum Gasteiger partial charge on any atom is 0.321 e. The van der Waals surface area contributed by atoms with Gasteiger partial charge in [-0.25, -0.2) is 8.42 Å². The summed E-state index contributed by atoms with van der Waals surface area (Å²) in [6.07, 6.45) is 0.203. The van der Waals surface area contributed by atoms with Crippen LogP contribution in [0.4, 0.5) is 0 Å². The molecule has 1 N–H and O–H groups in total. The fourth-order valence-electron chi connectivity index (χ4n) is 1.72. The minimum absolute atomic E-state index is 0.0697. The minimum atomic E-state index is -3.84. The molecule has 19 heavy (non-hydrogen) atoms. The minimum Gasteiger partial charge on any atom is -0.480 e. The third-order valence-corrected chi connectivity index (χ3v) is 5.70. The lowest BCUT2D eigenvalue weighted by molar-refractivity contribution is -0.141. The summed E-state index contributed by atoms with van der Waals surface area (Å²) in [6.45, 7) is 3.48. The molecule has 0 bridgehead atoms. The predicted octanol–water partition coefficient (Wildman–Crippen LogP) is 2.24. The first-order valence-electron chi connectivity index (χ1n) is 5.68. The lowest BCUT2D eigenvalue weighted by Crippen LogP contribution is -2.41. The molecule has 0 aromatic heterocycles. The number of hydrogen-bond acceptors (Lipinski definition) is 3. The van der Waals surface area contributed by atoms with E-state index in [0.717, 1.165) is 9.87 Å². The third kappa shape index (κ3) is 3.34. The van der Waals surface area contributed by atoms with Gasteiger partial charge in [-0.1, -0.05) is 13.0 Å². The number of halogens is 1. The summed E-state index contributed by atoms with van der Waals surface area (Å²) < 4.78 is 26.1. The van der Waals surface area contributed by atoms with E-state index in [1.165, 1.54) is 13.1 Å². The highest BCUT2D eigenvalue weighted by atomic mass is 79.9. The summed E-state index contributed by atoms with van der Waals surface area (Å²) in [5.41, 5.74) is 0.916. The zero-order chi connectivity index (χ0) is 14.8. The number of likely N-dealkylation sites (N-methyl/N-ethyl adjacent to an activating group) is 1. The van der Waals surface area contributed by atoms with Crippen LogP contribution in [0.2, 0.25) is 0 Å². The van der Waals surface area contributed by atoms with Crippen molar-refractivity contribution in [3.8, 4) is 0 Å². The van der Waals surface area contributed by atoms with Gasteiger partial charge in [0.2, 0.25) is 10.0 Å². The van der Waals surface area contributed by atoms with Crippen LogP contribution in [0.15, 0.2) is 27.6 Å². The van der Waals surface area contributed by atoms with Gasteiger partial charge < -0.3 is 5.11 Å². The molecule has 0 fully saturated rings. The Labute approximate surface area is 121 Å². The molecule has 106 valence electrons. The first-order chi connectivity index (χ1) is 8.71. The molecule has 0 spiro atoms. The number of aryl methyl sites for hydroxylation is 1. The number of aliphatic carboxylic acids is 1. The van der Waals surface area contributed by atoms with Gasteiger partial charge in [0.1, 0.15) is 6.04 Å². The van der Waals surface area contributed by atoms with Gasteiger partial charge in [-0.3, -0.25) is 4.79 Å². The predicted molar refractivity (Wildman–Crippen MR) is 75.5 cm³/mol. The molecule has 0 aliphatic heterocycles. The Balaban J connectivity index is 3.27. The van der Waals surface area contributed by atoms with Crippen LogP contribution in [0.3, 0.4) is 0 Å². The van der Waals surface area contributed by atoms with E-state index in [-0.39, 0.29) is 11.3 Å². The van der Waals surface area contributed by atoms with E-state index in [0.29, 0.717) is 4.47 Å². The van der Waals surface area contributed by atoms with E-state index in [4.69, 9.17) is 5.11 Å². The van der Waals surface area contributed by atoms with Crippen molar-refractivity contribution in [1.29, 1.82) is 0 Å². The summed E-state index contributed by atoms with van der Waals surface area (Å²) in [6, 6.07) is 3.76. The SMILES string of the molecule is CCC(C(=O)O)N(C)S(=O)(=O)c1ccc(C)cc1Br. The lowest BCUT2D eigenvalue weighted by Gasteiger charge is -2.23. The Hall–Kier alpha value is -0.920. The van der Waals surface area contributed by atoms with E-state index >= 15 is 0 Å². The van der Waals surface area contributed by atoms with Gasteiger partial charge in [0.05, 0.1) is 4.90 Å². The van der Waals surface area contributed by atoms with Crippen molar-refractivity contribution < 1.29 is 18.3 Å². The number of benzene rings is 1. The molecule has 0 saturated carbocycles. The topological polar surface area (TPSA) is 74.7 Å². The summed E-state index contributed by atoms with van der Waals surface area (Å²) in [7, 11) is -2.56. The molecule has 1 aromatic carbocycles. The van der Waals surface area contributed by atoms with Crippen LogP contribution in [0, 0.1) is 6.92 Å². The first-order valence-corrected chi connectivity index (χ1v) is 7.92. The molecule has 1 aromatic rings. The lowest BCUT2D eigenvalue weighted by atomic mass is 10.2. The van der Waals surface area contributed by atoms with Gasteiger partial charge in [-0.2, -0.15) is 4.31 Å². The molecule has 0 saturated heterocycles. The molecule has 0 aliphatic carbocycles. The summed E-state index contributed by atoms with van der Waals surface area (Å²) in [5, 5.41) is 9.05. The average Bonchev–Trinajstić information content (AvgIpc) is 2.28. The molecule has 7 heteroatoms. The van der Waals surface area contributed by atoms with Crippen molar-refractivity contribution in [2.45, 2.75) is 31.2 Å². The van der Waals surface area contributed by atoms with Crippen molar-refractivity contribution in [2.24, 2.45) is 0 Å². The van der Waals surface area contributed by atoms with Crippen LogP contribution in [0.5, 0.6) is 0 Å². The fourth-order valence-corrected chi connectivity index (χ4v) is 4.26. The molecule has 0 amide bonds. The van der Waals surface area contributed by atoms with Crippen molar-refractivity contribution in [2.75, 3.05) is 7.05 Å². The maximum atomic E-state index is 12.4. The second kappa shape index (κ2) is 6.02. The Morgan fingerprint density at radius 2 is 2.05 bits per heavy atom. The van der Waals surface area contributed by atoms with Crippen LogP contribution in [-0.2, 0) is 14.8 Å². The smallest absolute Gasteiger partial charge is 0.321 e. The van der Waals surface area contributed by atoms with E-state index in [1.54, 1.807) is 19.1 Å². The van der Waals surface area contributed by atoms with Gasteiger partial charge in [0.25, 0.3) is 0 Å². The zero-order valence-corrected chi connectivity index (χ0v) is 13.3. The quantitative estimate of drug-likeness (QED) is 0.884. The highest BCUT2D eigenvalue weighted by Gasteiger charge is 2.32. The molecule has 0 heterocycles. The monoisotopic (exact) mass is 349 g/mol. The second-order valence-electron chi connectivity index (χ2n) is 4.22. The van der Waals surface area contributed by atoms with Crippen molar-refractivity contribution in [1.82, 2.24) is 4.31 Å². The third-order valence-electron chi connectivity index (χ3n) is 2.86. The maximum absolute atomic E-state index is 12.4. The van der Waals surface area contributed by atoms with Gasteiger partial charge in [-0.15, -0.1) is 0 Å². The van der Waals surface area contributed by atoms with E-state index < -0.39 is 22.0 Å². The molecule has 1 rings (SSSR count). The average molecular weight is 350 g/mol. The zero-order valence-electron chi connectivity index (χ0n) is 10.9. The van der Waals surface area contributed by atoms with Crippen LogP contribution >= 0.6 is 15.9 Å². The van der Waals surface area contributed by atoms with Crippen molar-refractivity contribution in [3.63, 3.8) is 0 Å². The number of carboxylic acids is 1. The Bertz CT molecular complexity index is 585. The summed E-state index contributed by atoms with van der Waals surface area (Å²) in [4.78, 5) is 11.1. The first kappa shape index (κ1) is 16.1. The number of sulfonamides is 1. The number of carbonyl (C=O) groups is 1. The van der Waals surface area contributed by atoms with Crippen molar-refractivity contribution >= 4 is 31.9 Å². The van der Waals surface area contributed by atoms with Crippen LogP contribution < -0.4 is 0 Å². The Kier molecular flexibility index (Phi) is 5.11. The van der Waals surface area contributed by atoms with Gasteiger partial charge >= 0.3 is 5.97 Å². The number of nitrogens with zero attached hydrogens (tertiary/aromatic N) is 1. The van der Waals surface area contributed by atoms with Crippen molar-refractivity contribution in [3.05, 3.63) is 28.2 Å². The molecule has 1 atom stereocenters.